The van der Waals surface area contributed by atoms with Gasteiger partial charge in [0.2, 0.25) is 0 Å². The molecule has 0 aliphatic carbocycles. The second-order valence-electron chi connectivity index (χ2n) is 2.22. The van der Waals surface area contributed by atoms with Crippen LogP contribution in [0.3, 0.4) is 0 Å². The Hall–Kier alpha value is -0.990. The van der Waals surface area contributed by atoms with E-state index < -0.39 is 6.09 Å². The van der Waals surface area contributed by atoms with Crippen molar-refractivity contribution in [2.24, 2.45) is 0 Å². The van der Waals surface area contributed by atoms with Crippen molar-refractivity contribution in [2.75, 3.05) is 0 Å². The maximum Gasteiger partial charge on any atom is 0.404 e. The first-order valence-corrected chi connectivity index (χ1v) is 3.27. The number of rotatable bonds is 4. The molecule has 0 heterocycles. The fourth-order valence-electron chi connectivity index (χ4n) is 0.651. The van der Waals surface area contributed by atoms with Gasteiger partial charge in [0.15, 0.2) is 0 Å². The smallest absolute Gasteiger partial charge is 0.404 e. The van der Waals surface area contributed by atoms with Gasteiger partial charge in [-0.25, -0.2) is 4.79 Å². The monoisotopic (exact) mass is 143 g/mol. The summed E-state index contributed by atoms with van der Waals surface area (Å²) in [7, 11) is 0. The van der Waals surface area contributed by atoms with Crippen molar-refractivity contribution in [3.05, 3.63) is 12.7 Å². The number of carbonyl (C=O) groups is 1. The van der Waals surface area contributed by atoms with Crippen molar-refractivity contribution < 1.29 is 9.90 Å². The zero-order chi connectivity index (χ0) is 7.98. The van der Waals surface area contributed by atoms with Gasteiger partial charge in [-0.15, -0.1) is 6.58 Å². The lowest BCUT2D eigenvalue weighted by Crippen LogP contribution is -2.30. The molecule has 0 saturated carbocycles. The van der Waals surface area contributed by atoms with E-state index in [9.17, 15) is 4.79 Å². The summed E-state index contributed by atoms with van der Waals surface area (Å²) >= 11 is 0. The molecule has 3 heteroatoms. The largest absolute Gasteiger partial charge is 0.465 e. The molecule has 0 aromatic heterocycles. The molecule has 0 spiro atoms. The van der Waals surface area contributed by atoms with E-state index in [0.29, 0.717) is 0 Å². The molecule has 0 radical (unpaired) electrons. The van der Waals surface area contributed by atoms with Crippen LogP contribution in [-0.2, 0) is 0 Å². The summed E-state index contributed by atoms with van der Waals surface area (Å²) in [5.41, 5.74) is 0. The van der Waals surface area contributed by atoms with Crippen LogP contribution < -0.4 is 5.32 Å². The topological polar surface area (TPSA) is 49.3 Å². The molecule has 0 aliphatic rings. The highest BCUT2D eigenvalue weighted by Crippen LogP contribution is 1.95. The SMILES string of the molecule is C=CCC[C@@H](C)NC(=O)O. The maximum absolute atomic E-state index is 10.0. The molecule has 0 rings (SSSR count). The molecule has 2 N–H and O–H groups in total. The standard InChI is InChI=1S/C7H13NO2/c1-3-4-5-6(2)8-7(9)10/h3,6,8H,1,4-5H2,2H3,(H,9,10)/t6-/m1/s1. The van der Waals surface area contributed by atoms with Gasteiger partial charge in [-0.2, -0.15) is 0 Å². The third kappa shape index (κ3) is 5.15. The van der Waals surface area contributed by atoms with E-state index in [2.05, 4.69) is 11.9 Å². The number of hydrogen-bond donors (Lipinski definition) is 2. The summed E-state index contributed by atoms with van der Waals surface area (Å²) < 4.78 is 0. The van der Waals surface area contributed by atoms with Crippen molar-refractivity contribution in [1.29, 1.82) is 0 Å². The summed E-state index contributed by atoms with van der Waals surface area (Å²) in [5.74, 6) is 0. The average molecular weight is 143 g/mol. The zero-order valence-electron chi connectivity index (χ0n) is 6.13. The van der Waals surface area contributed by atoms with Crippen LogP contribution in [0.5, 0.6) is 0 Å². The van der Waals surface area contributed by atoms with Gasteiger partial charge < -0.3 is 10.4 Å². The molecule has 58 valence electrons. The predicted molar refractivity (Wildman–Crippen MR) is 40.1 cm³/mol. The normalized spacial score (nSPS) is 12.1. The Bertz CT molecular complexity index is 123. The zero-order valence-corrected chi connectivity index (χ0v) is 6.13. The summed E-state index contributed by atoms with van der Waals surface area (Å²) in [4.78, 5) is 10.0. The minimum atomic E-state index is -0.962. The number of carboxylic acid groups (broad SMARTS) is 1. The molecule has 1 atom stereocenters. The Labute approximate surface area is 60.7 Å². The lowest BCUT2D eigenvalue weighted by atomic mass is 10.2. The highest BCUT2D eigenvalue weighted by Gasteiger charge is 2.01. The van der Waals surface area contributed by atoms with E-state index in [0.717, 1.165) is 12.8 Å². The van der Waals surface area contributed by atoms with Crippen LogP contribution in [0.2, 0.25) is 0 Å². The van der Waals surface area contributed by atoms with Crippen LogP contribution in [0, 0.1) is 0 Å². The molecule has 10 heavy (non-hydrogen) atoms. The van der Waals surface area contributed by atoms with Gasteiger partial charge in [0, 0.05) is 6.04 Å². The summed E-state index contributed by atoms with van der Waals surface area (Å²) in [6.45, 7) is 5.37. The minimum Gasteiger partial charge on any atom is -0.465 e. The van der Waals surface area contributed by atoms with E-state index in [4.69, 9.17) is 5.11 Å². The first-order valence-electron chi connectivity index (χ1n) is 3.27. The van der Waals surface area contributed by atoms with E-state index in [1.807, 2.05) is 6.92 Å². The van der Waals surface area contributed by atoms with Crippen molar-refractivity contribution in [1.82, 2.24) is 5.32 Å². The lowest BCUT2D eigenvalue weighted by molar-refractivity contribution is 0.190. The molecule has 0 unspecified atom stereocenters. The molecular weight excluding hydrogens is 130 g/mol. The third-order valence-electron chi connectivity index (χ3n) is 1.17. The van der Waals surface area contributed by atoms with Crippen LogP contribution in [0.25, 0.3) is 0 Å². The first-order chi connectivity index (χ1) is 4.66. The summed E-state index contributed by atoms with van der Waals surface area (Å²) in [5, 5.41) is 10.6. The molecule has 1 amide bonds. The highest BCUT2D eigenvalue weighted by atomic mass is 16.4. The molecule has 0 fully saturated rings. The number of amides is 1. The molecule has 0 aliphatic heterocycles. The summed E-state index contributed by atoms with van der Waals surface area (Å²) in [6, 6.07) is 0.0236. The van der Waals surface area contributed by atoms with Gasteiger partial charge in [0.25, 0.3) is 0 Å². The fraction of sp³-hybridized carbons (Fsp3) is 0.571. The second-order valence-corrected chi connectivity index (χ2v) is 2.22. The molecule has 0 saturated heterocycles. The number of hydrogen-bond acceptors (Lipinski definition) is 1. The van der Waals surface area contributed by atoms with E-state index in [-0.39, 0.29) is 6.04 Å². The molecule has 0 aromatic rings. The predicted octanol–water partition coefficient (Wildman–Crippen LogP) is 1.61. The van der Waals surface area contributed by atoms with E-state index >= 15 is 0 Å². The lowest BCUT2D eigenvalue weighted by Gasteiger charge is -2.08. The van der Waals surface area contributed by atoms with Gasteiger partial charge in [0.05, 0.1) is 0 Å². The van der Waals surface area contributed by atoms with Gasteiger partial charge in [-0.3, -0.25) is 0 Å². The molecule has 3 nitrogen and oxygen atoms in total. The Morgan fingerprint density at radius 1 is 1.90 bits per heavy atom. The van der Waals surface area contributed by atoms with Gasteiger partial charge >= 0.3 is 6.09 Å². The molecule has 0 bridgehead atoms. The van der Waals surface area contributed by atoms with Crippen LogP contribution in [0.15, 0.2) is 12.7 Å². The summed E-state index contributed by atoms with van der Waals surface area (Å²) in [6.07, 6.45) is 2.48. The quantitative estimate of drug-likeness (QED) is 0.587. The highest BCUT2D eigenvalue weighted by molar-refractivity contribution is 5.64. The molecule has 0 aromatic carbocycles. The van der Waals surface area contributed by atoms with Crippen LogP contribution in [0.1, 0.15) is 19.8 Å². The van der Waals surface area contributed by atoms with Crippen molar-refractivity contribution in [2.45, 2.75) is 25.8 Å². The van der Waals surface area contributed by atoms with E-state index in [1.54, 1.807) is 6.08 Å². The fourth-order valence-corrected chi connectivity index (χ4v) is 0.651. The Morgan fingerprint density at radius 2 is 2.50 bits per heavy atom. The van der Waals surface area contributed by atoms with Crippen molar-refractivity contribution in [3.63, 3.8) is 0 Å². The van der Waals surface area contributed by atoms with Crippen molar-refractivity contribution >= 4 is 6.09 Å². The van der Waals surface area contributed by atoms with E-state index in [1.165, 1.54) is 0 Å². The van der Waals surface area contributed by atoms with Gasteiger partial charge in [-0.1, -0.05) is 6.08 Å². The van der Waals surface area contributed by atoms with Crippen LogP contribution in [0.4, 0.5) is 4.79 Å². The van der Waals surface area contributed by atoms with Crippen LogP contribution in [-0.4, -0.2) is 17.2 Å². The van der Waals surface area contributed by atoms with Crippen molar-refractivity contribution in [3.8, 4) is 0 Å². The van der Waals surface area contributed by atoms with Gasteiger partial charge in [0.1, 0.15) is 0 Å². The van der Waals surface area contributed by atoms with Gasteiger partial charge in [-0.05, 0) is 19.8 Å². The second kappa shape index (κ2) is 4.85. The average Bonchev–Trinajstić information content (AvgIpc) is 1.82. The Kier molecular flexibility index (Phi) is 4.37. The minimum absolute atomic E-state index is 0.0236. The first kappa shape index (κ1) is 9.01. The maximum atomic E-state index is 10.0. The Morgan fingerprint density at radius 3 is 2.90 bits per heavy atom. The Balaban J connectivity index is 3.33. The third-order valence-corrected chi connectivity index (χ3v) is 1.17. The number of nitrogens with one attached hydrogen (secondary N) is 1. The number of allylic oxidation sites excluding steroid dienone is 1. The molecular formula is C7H13NO2. The van der Waals surface area contributed by atoms with Crippen LogP contribution >= 0.6 is 0 Å².